The summed E-state index contributed by atoms with van der Waals surface area (Å²) in [4.78, 5) is 31.2. The number of nitrogens with zero attached hydrogens (tertiary/aromatic N) is 4. The molecule has 4 aromatic rings. The summed E-state index contributed by atoms with van der Waals surface area (Å²) in [7, 11) is 1.60. The lowest BCUT2D eigenvalue weighted by atomic mass is 10.2. The van der Waals surface area contributed by atoms with Gasteiger partial charge in [0.1, 0.15) is 0 Å². The first-order valence-electron chi connectivity index (χ1n) is 9.35. The molecule has 148 valence electrons. The highest BCUT2D eigenvalue weighted by molar-refractivity contribution is 6.05. The molecule has 4 rings (SSSR count). The average molecular weight is 397 g/mol. The zero-order chi connectivity index (χ0) is 20.9. The number of rotatable bonds is 5. The van der Waals surface area contributed by atoms with Crippen LogP contribution in [0.25, 0.3) is 5.69 Å². The van der Waals surface area contributed by atoms with E-state index in [1.54, 1.807) is 55.6 Å². The van der Waals surface area contributed by atoms with Gasteiger partial charge in [0, 0.05) is 18.2 Å². The van der Waals surface area contributed by atoms with Crippen molar-refractivity contribution in [1.29, 1.82) is 0 Å². The quantitative estimate of drug-likeness (QED) is 0.556. The highest BCUT2D eigenvalue weighted by Gasteiger charge is 2.21. The third-order valence-electron chi connectivity index (χ3n) is 4.48. The second-order valence-corrected chi connectivity index (χ2v) is 6.53. The topological polar surface area (TPSA) is 80.1 Å². The number of benzene rings is 3. The Morgan fingerprint density at radius 1 is 0.800 bits per heavy atom. The van der Waals surface area contributed by atoms with Gasteiger partial charge in [-0.1, -0.05) is 54.6 Å². The van der Waals surface area contributed by atoms with Crippen molar-refractivity contribution in [2.24, 2.45) is 0 Å². The number of para-hydroxylation sites is 1. The Labute approximate surface area is 173 Å². The van der Waals surface area contributed by atoms with Gasteiger partial charge in [-0.3, -0.25) is 19.8 Å². The third kappa shape index (κ3) is 3.95. The fourth-order valence-corrected chi connectivity index (χ4v) is 2.90. The SMILES string of the molecule is CN(C(=O)c1ccccc1)c1nc(NC(=O)c2ccccc2)n(-c2ccccc2)n1. The van der Waals surface area contributed by atoms with E-state index < -0.39 is 0 Å². The van der Waals surface area contributed by atoms with Gasteiger partial charge in [-0.2, -0.15) is 9.67 Å². The van der Waals surface area contributed by atoms with Gasteiger partial charge in [0.2, 0.25) is 5.95 Å². The van der Waals surface area contributed by atoms with Crippen LogP contribution in [0.5, 0.6) is 0 Å². The van der Waals surface area contributed by atoms with Crippen molar-refractivity contribution in [3.8, 4) is 5.69 Å². The summed E-state index contributed by atoms with van der Waals surface area (Å²) in [5.74, 6) is -0.167. The zero-order valence-electron chi connectivity index (χ0n) is 16.3. The Hall–Kier alpha value is -4.26. The van der Waals surface area contributed by atoms with Gasteiger partial charge in [0.05, 0.1) is 5.69 Å². The molecule has 0 fully saturated rings. The number of hydrogen-bond donors (Lipinski definition) is 1. The van der Waals surface area contributed by atoms with Crippen LogP contribution in [0.2, 0.25) is 0 Å². The first kappa shape index (κ1) is 19.1. The first-order chi connectivity index (χ1) is 14.6. The minimum absolute atomic E-state index is 0.177. The second kappa shape index (κ2) is 8.40. The summed E-state index contributed by atoms with van der Waals surface area (Å²) in [6, 6.07) is 27.0. The summed E-state index contributed by atoms with van der Waals surface area (Å²) >= 11 is 0. The molecule has 2 amide bonds. The van der Waals surface area contributed by atoms with E-state index in [4.69, 9.17) is 0 Å². The van der Waals surface area contributed by atoms with Crippen LogP contribution in [0.1, 0.15) is 20.7 Å². The molecule has 0 saturated carbocycles. The number of aromatic nitrogens is 3. The van der Waals surface area contributed by atoms with Crippen molar-refractivity contribution in [2.75, 3.05) is 17.3 Å². The number of carbonyl (C=O) groups is 2. The lowest BCUT2D eigenvalue weighted by Crippen LogP contribution is -2.27. The summed E-state index contributed by atoms with van der Waals surface area (Å²) in [6.45, 7) is 0. The van der Waals surface area contributed by atoms with E-state index in [-0.39, 0.29) is 23.7 Å². The third-order valence-corrected chi connectivity index (χ3v) is 4.48. The maximum absolute atomic E-state index is 12.8. The normalized spacial score (nSPS) is 10.4. The number of hydrogen-bond acceptors (Lipinski definition) is 4. The number of nitrogens with one attached hydrogen (secondary N) is 1. The molecule has 1 N–H and O–H groups in total. The Bertz CT molecular complexity index is 1160. The van der Waals surface area contributed by atoms with Crippen molar-refractivity contribution < 1.29 is 9.59 Å². The van der Waals surface area contributed by atoms with Gasteiger partial charge in [-0.25, -0.2) is 0 Å². The van der Waals surface area contributed by atoms with Crippen LogP contribution in [0.3, 0.4) is 0 Å². The molecule has 0 aliphatic heterocycles. The zero-order valence-corrected chi connectivity index (χ0v) is 16.3. The van der Waals surface area contributed by atoms with Gasteiger partial charge in [-0.05, 0) is 36.4 Å². The highest BCUT2D eigenvalue weighted by Crippen LogP contribution is 2.20. The lowest BCUT2D eigenvalue weighted by Gasteiger charge is -2.12. The van der Waals surface area contributed by atoms with Gasteiger partial charge in [0.25, 0.3) is 17.8 Å². The molecule has 0 atom stereocenters. The van der Waals surface area contributed by atoms with Crippen molar-refractivity contribution in [3.63, 3.8) is 0 Å². The molecule has 0 spiro atoms. The molecule has 3 aromatic carbocycles. The fraction of sp³-hybridized carbons (Fsp3) is 0.0435. The minimum atomic E-state index is -0.316. The van der Waals surface area contributed by atoms with Crippen molar-refractivity contribution in [1.82, 2.24) is 14.8 Å². The Balaban J connectivity index is 1.69. The largest absolute Gasteiger partial charge is 0.290 e. The number of anilines is 2. The van der Waals surface area contributed by atoms with Crippen LogP contribution >= 0.6 is 0 Å². The molecule has 30 heavy (non-hydrogen) atoms. The molecular weight excluding hydrogens is 378 g/mol. The van der Waals surface area contributed by atoms with Crippen molar-refractivity contribution >= 4 is 23.7 Å². The summed E-state index contributed by atoms with van der Waals surface area (Å²) in [5.41, 5.74) is 1.72. The van der Waals surface area contributed by atoms with Crippen LogP contribution < -0.4 is 10.2 Å². The van der Waals surface area contributed by atoms with Gasteiger partial charge < -0.3 is 0 Å². The molecule has 1 heterocycles. The van der Waals surface area contributed by atoms with Gasteiger partial charge >= 0.3 is 0 Å². The van der Waals surface area contributed by atoms with E-state index in [1.807, 2.05) is 42.5 Å². The van der Waals surface area contributed by atoms with Crippen LogP contribution in [0, 0.1) is 0 Å². The predicted octanol–water partition coefficient (Wildman–Crippen LogP) is 3.80. The minimum Gasteiger partial charge on any atom is -0.290 e. The van der Waals surface area contributed by atoms with Gasteiger partial charge in [-0.15, -0.1) is 5.10 Å². The standard InChI is InChI=1S/C23H19N5O2/c1-27(21(30)18-13-7-3-8-14-18)23-25-22(24-20(29)17-11-5-2-6-12-17)28(26-23)19-15-9-4-10-16-19/h2-16H,1H3,(H,24,25,26,29). The molecule has 0 bridgehead atoms. The lowest BCUT2D eigenvalue weighted by molar-refractivity contribution is 0.0990. The van der Waals surface area contributed by atoms with Crippen LogP contribution in [0.15, 0.2) is 91.0 Å². The van der Waals surface area contributed by atoms with E-state index in [9.17, 15) is 9.59 Å². The molecular formula is C23H19N5O2. The first-order valence-corrected chi connectivity index (χ1v) is 9.35. The number of amides is 2. The fourth-order valence-electron chi connectivity index (χ4n) is 2.90. The highest BCUT2D eigenvalue weighted by atomic mass is 16.2. The monoisotopic (exact) mass is 397 g/mol. The Morgan fingerprint density at radius 3 is 1.93 bits per heavy atom. The molecule has 0 aliphatic rings. The summed E-state index contributed by atoms with van der Waals surface area (Å²) in [5, 5.41) is 7.26. The Kier molecular flexibility index (Phi) is 5.34. The predicted molar refractivity (Wildman–Crippen MR) is 115 cm³/mol. The maximum Gasteiger partial charge on any atom is 0.260 e. The number of carbonyl (C=O) groups excluding carboxylic acids is 2. The smallest absolute Gasteiger partial charge is 0.260 e. The van der Waals surface area contributed by atoms with Gasteiger partial charge in [0.15, 0.2) is 0 Å². The average Bonchev–Trinajstić information content (AvgIpc) is 3.23. The van der Waals surface area contributed by atoms with E-state index in [1.165, 1.54) is 9.58 Å². The van der Waals surface area contributed by atoms with E-state index in [0.29, 0.717) is 16.8 Å². The molecule has 0 saturated heterocycles. The van der Waals surface area contributed by atoms with Crippen LogP contribution in [0.4, 0.5) is 11.9 Å². The Morgan fingerprint density at radius 2 is 1.33 bits per heavy atom. The van der Waals surface area contributed by atoms with Crippen LogP contribution in [-0.4, -0.2) is 33.6 Å². The van der Waals surface area contributed by atoms with Crippen LogP contribution in [-0.2, 0) is 0 Å². The molecule has 7 heteroatoms. The summed E-state index contributed by atoms with van der Waals surface area (Å²) in [6.07, 6.45) is 0. The second-order valence-electron chi connectivity index (χ2n) is 6.53. The van der Waals surface area contributed by atoms with Crippen molar-refractivity contribution in [2.45, 2.75) is 0 Å². The molecule has 0 aliphatic carbocycles. The molecule has 0 unspecified atom stereocenters. The van der Waals surface area contributed by atoms with E-state index >= 15 is 0 Å². The van der Waals surface area contributed by atoms with E-state index in [2.05, 4.69) is 15.4 Å². The molecule has 0 radical (unpaired) electrons. The van der Waals surface area contributed by atoms with Crippen molar-refractivity contribution in [3.05, 3.63) is 102 Å². The van der Waals surface area contributed by atoms with E-state index in [0.717, 1.165) is 0 Å². The molecule has 1 aromatic heterocycles. The maximum atomic E-state index is 12.8. The summed E-state index contributed by atoms with van der Waals surface area (Å²) < 4.78 is 1.50. The molecule has 7 nitrogen and oxygen atoms in total.